The van der Waals surface area contributed by atoms with Crippen molar-refractivity contribution >= 4 is 32.9 Å². The number of fused-ring (bicyclic) bond motifs is 1. The number of amides is 1. The van der Waals surface area contributed by atoms with Gasteiger partial charge in [0.15, 0.2) is 0 Å². The molecule has 106 valence electrons. The zero-order valence-electron chi connectivity index (χ0n) is 10.9. The molecule has 0 fully saturated rings. The largest absolute Gasteiger partial charge is 0.507 e. The first-order valence-corrected chi connectivity index (χ1v) is 7.13. The Labute approximate surface area is 129 Å². The number of imidazole rings is 1. The molecule has 2 aromatic carbocycles. The summed E-state index contributed by atoms with van der Waals surface area (Å²) in [7, 11) is 0. The molecule has 0 aliphatic heterocycles. The lowest BCUT2D eigenvalue weighted by molar-refractivity contribution is 0.0947. The summed E-state index contributed by atoms with van der Waals surface area (Å²) in [6, 6.07) is 12.4. The summed E-state index contributed by atoms with van der Waals surface area (Å²) < 4.78 is 0.717. The zero-order chi connectivity index (χ0) is 14.8. The van der Waals surface area contributed by atoms with Crippen LogP contribution in [-0.2, 0) is 6.54 Å². The van der Waals surface area contributed by atoms with Gasteiger partial charge in [-0.3, -0.25) is 4.79 Å². The van der Waals surface area contributed by atoms with Crippen LogP contribution in [0.1, 0.15) is 16.2 Å². The molecule has 0 aliphatic carbocycles. The van der Waals surface area contributed by atoms with E-state index in [1.165, 1.54) is 6.07 Å². The van der Waals surface area contributed by atoms with Crippen molar-refractivity contribution in [1.82, 2.24) is 15.3 Å². The van der Waals surface area contributed by atoms with Crippen LogP contribution in [0.2, 0.25) is 0 Å². The van der Waals surface area contributed by atoms with E-state index in [1.54, 1.807) is 12.1 Å². The Bertz CT molecular complexity index is 781. The van der Waals surface area contributed by atoms with Gasteiger partial charge < -0.3 is 15.4 Å². The van der Waals surface area contributed by atoms with Gasteiger partial charge in [-0.25, -0.2) is 4.98 Å². The molecule has 1 aromatic heterocycles. The summed E-state index contributed by atoms with van der Waals surface area (Å²) in [5.41, 5.74) is 2.01. The molecule has 0 radical (unpaired) electrons. The van der Waals surface area contributed by atoms with Crippen LogP contribution in [0.3, 0.4) is 0 Å². The Morgan fingerprint density at radius 1 is 1.29 bits per heavy atom. The number of nitrogens with one attached hydrogen (secondary N) is 2. The van der Waals surface area contributed by atoms with Crippen molar-refractivity contribution in [1.29, 1.82) is 0 Å². The van der Waals surface area contributed by atoms with Crippen molar-refractivity contribution in [2.24, 2.45) is 0 Å². The number of rotatable bonds is 3. The van der Waals surface area contributed by atoms with E-state index in [0.29, 0.717) is 10.3 Å². The highest BCUT2D eigenvalue weighted by atomic mass is 79.9. The van der Waals surface area contributed by atoms with E-state index in [0.717, 1.165) is 11.0 Å². The van der Waals surface area contributed by atoms with Crippen LogP contribution in [0.4, 0.5) is 0 Å². The number of nitrogens with zero attached hydrogens (tertiary/aromatic N) is 1. The topological polar surface area (TPSA) is 78.0 Å². The highest BCUT2D eigenvalue weighted by Crippen LogP contribution is 2.22. The van der Waals surface area contributed by atoms with E-state index >= 15 is 0 Å². The van der Waals surface area contributed by atoms with Crippen molar-refractivity contribution in [2.75, 3.05) is 0 Å². The summed E-state index contributed by atoms with van der Waals surface area (Å²) in [5, 5.41) is 12.5. The molecular weight excluding hydrogens is 334 g/mol. The zero-order valence-corrected chi connectivity index (χ0v) is 12.5. The average molecular weight is 346 g/mol. The monoisotopic (exact) mass is 345 g/mol. The van der Waals surface area contributed by atoms with Gasteiger partial charge >= 0.3 is 0 Å². The molecule has 1 amide bonds. The van der Waals surface area contributed by atoms with Crippen LogP contribution in [0, 0.1) is 0 Å². The molecule has 0 saturated heterocycles. The van der Waals surface area contributed by atoms with E-state index in [4.69, 9.17) is 0 Å². The number of hydrogen-bond acceptors (Lipinski definition) is 3. The standard InChI is InChI=1S/C15H12BrN3O2/c16-9-5-6-10(13(20)7-9)15(21)17-8-14-18-11-3-1-2-4-12(11)19-14/h1-7,20H,8H2,(H,17,21)(H,18,19). The summed E-state index contributed by atoms with van der Waals surface area (Å²) in [5.74, 6) is 0.257. The Morgan fingerprint density at radius 2 is 2.10 bits per heavy atom. The van der Waals surface area contributed by atoms with Crippen molar-refractivity contribution < 1.29 is 9.90 Å². The van der Waals surface area contributed by atoms with E-state index in [2.05, 4.69) is 31.2 Å². The number of phenolic OH excluding ortho intramolecular Hbond substituents is 1. The summed E-state index contributed by atoms with van der Waals surface area (Å²) in [6.45, 7) is 0.267. The molecule has 3 rings (SSSR count). The van der Waals surface area contributed by atoms with Gasteiger partial charge in [0, 0.05) is 4.47 Å². The number of phenols is 1. The van der Waals surface area contributed by atoms with Crippen molar-refractivity contribution in [3.8, 4) is 5.75 Å². The second kappa shape index (κ2) is 5.57. The second-order valence-electron chi connectivity index (χ2n) is 4.54. The third kappa shape index (κ3) is 2.90. The summed E-state index contributed by atoms with van der Waals surface area (Å²) in [4.78, 5) is 19.5. The van der Waals surface area contributed by atoms with Crippen LogP contribution in [0.15, 0.2) is 46.9 Å². The van der Waals surface area contributed by atoms with Crippen molar-refractivity contribution in [3.63, 3.8) is 0 Å². The number of hydrogen-bond donors (Lipinski definition) is 3. The van der Waals surface area contributed by atoms with E-state index in [-0.39, 0.29) is 23.8 Å². The molecule has 5 nitrogen and oxygen atoms in total. The molecule has 21 heavy (non-hydrogen) atoms. The molecule has 1 heterocycles. The number of carbonyl (C=O) groups is 1. The van der Waals surface area contributed by atoms with Crippen molar-refractivity contribution in [2.45, 2.75) is 6.54 Å². The number of aromatic amines is 1. The van der Waals surface area contributed by atoms with Crippen LogP contribution in [0.25, 0.3) is 11.0 Å². The van der Waals surface area contributed by atoms with Gasteiger partial charge in [0.25, 0.3) is 5.91 Å². The normalized spacial score (nSPS) is 10.7. The quantitative estimate of drug-likeness (QED) is 0.682. The van der Waals surface area contributed by atoms with Crippen LogP contribution in [0.5, 0.6) is 5.75 Å². The lowest BCUT2D eigenvalue weighted by atomic mass is 10.2. The lowest BCUT2D eigenvalue weighted by Crippen LogP contribution is -2.23. The fraction of sp³-hybridized carbons (Fsp3) is 0.0667. The summed E-state index contributed by atoms with van der Waals surface area (Å²) in [6.07, 6.45) is 0. The van der Waals surface area contributed by atoms with Gasteiger partial charge in [0.2, 0.25) is 0 Å². The number of aromatic nitrogens is 2. The number of halogens is 1. The first kappa shape index (κ1) is 13.6. The van der Waals surface area contributed by atoms with Gasteiger partial charge in [-0.15, -0.1) is 0 Å². The molecule has 0 unspecified atom stereocenters. The van der Waals surface area contributed by atoms with Gasteiger partial charge in [0.05, 0.1) is 23.1 Å². The van der Waals surface area contributed by atoms with Crippen molar-refractivity contribution in [3.05, 3.63) is 58.3 Å². The minimum Gasteiger partial charge on any atom is -0.507 e. The lowest BCUT2D eigenvalue weighted by Gasteiger charge is -2.05. The molecule has 0 aliphatic rings. The van der Waals surface area contributed by atoms with E-state index < -0.39 is 0 Å². The maximum atomic E-state index is 12.0. The second-order valence-corrected chi connectivity index (χ2v) is 5.46. The maximum absolute atomic E-state index is 12.0. The van der Waals surface area contributed by atoms with Gasteiger partial charge in [-0.05, 0) is 30.3 Å². The minimum absolute atomic E-state index is 0.0634. The maximum Gasteiger partial charge on any atom is 0.255 e. The Hall–Kier alpha value is -2.34. The van der Waals surface area contributed by atoms with Crippen LogP contribution in [-0.4, -0.2) is 21.0 Å². The molecule has 3 N–H and O–H groups in total. The van der Waals surface area contributed by atoms with Gasteiger partial charge in [-0.1, -0.05) is 28.1 Å². The molecule has 0 bridgehead atoms. The Kier molecular flexibility index (Phi) is 3.62. The third-order valence-electron chi connectivity index (χ3n) is 3.06. The molecular formula is C15H12BrN3O2. The number of aromatic hydroxyl groups is 1. The molecule has 0 spiro atoms. The fourth-order valence-electron chi connectivity index (χ4n) is 2.05. The number of para-hydroxylation sites is 2. The highest BCUT2D eigenvalue weighted by Gasteiger charge is 2.11. The summed E-state index contributed by atoms with van der Waals surface area (Å²) >= 11 is 3.23. The van der Waals surface area contributed by atoms with Gasteiger partial charge in [0.1, 0.15) is 11.6 Å². The predicted molar refractivity (Wildman–Crippen MR) is 83.1 cm³/mol. The first-order valence-electron chi connectivity index (χ1n) is 6.34. The number of H-pyrrole nitrogens is 1. The Balaban J connectivity index is 1.73. The molecule has 0 atom stereocenters. The van der Waals surface area contributed by atoms with Gasteiger partial charge in [-0.2, -0.15) is 0 Å². The third-order valence-corrected chi connectivity index (χ3v) is 3.55. The molecule has 6 heteroatoms. The smallest absolute Gasteiger partial charge is 0.255 e. The highest BCUT2D eigenvalue weighted by molar-refractivity contribution is 9.10. The van der Waals surface area contributed by atoms with E-state index in [1.807, 2.05) is 24.3 Å². The Morgan fingerprint density at radius 3 is 2.86 bits per heavy atom. The minimum atomic E-state index is -0.347. The molecule has 0 saturated carbocycles. The first-order chi connectivity index (χ1) is 10.1. The number of carbonyl (C=O) groups excluding carboxylic acids is 1. The SMILES string of the molecule is O=C(NCc1nc2ccccc2[nH]1)c1ccc(Br)cc1O. The van der Waals surface area contributed by atoms with E-state index in [9.17, 15) is 9.90 Å². The number of benzene rings is 2. The van der Waals surface area contributed by atoms with Crippen LogP contribution < -0.4 is 5.32 Å². The average Bonchev–Trinajstić information content (AvgIpc) is 2.87. The fourth-order valence-corrected chi connectivity index (χ4v) is 2.39. The van der Waals surface area contributed by atoms with Crippen LogP contribution >= 0.6 is 15.9 Å². The predicted octanol–water partition coefficient (Wildman–Crippen LogP) is 2.96. The molecule has 3 aromatic rings.